The lowest BCUT2D eigenvalue weighted by atomic mass is 9.99. The molecule has 3 rings (SSSR count). The normalized spacial score (nSPS) is 17.4. The number of hydrogen-bond acceptors (Lipinski definition) is 3. The van der Waals surface area contributed by atoms with Crippen molar-refractivity contribution in [3.8, 4) is 0 Å². The molecule has 1 aliphatic rings. The van der Waals surface area contributed by atoms with E-state index < -0.39 is 23.8 Å². The lowest BCUT2D eigenvalue weighted by Gasteiger charge is -2.26. The largest absolute Gasteiger partial charge is 0.478 e. The van der Waals surface area contributed by atoms with Crippen LogP contribution >= 0.6 is 0 Å². The SMILES string of the molecule is O=C(O)c1ccc(CCCN2C(=O)CCC2CCC(O)Cc2cccc(C(F)(F)F)c2)cc1. The molecular formula is C25H28F3NO4. The summed E-state index contributed by atoms with van der Waals surface area (Å²) >= 11 is 0. The molecule has 0 bridgehead atoms. The van der Waals surface area contributed by atoms with Crippen molar-refractivity contribution in [1.82, 2.24) is 4.90 Å². The number of carboxylic acid groups (broad SMARTS) is 1. The molecule has 0 spiro atoms. The van der Waals surface area contributed by atoms with Crippen LogP contribution in [0.4, 0.5) is 13.2 Å². The molecule has 2 N–H and O–H groups in total. The van der Waals surface area contributed by atoms with Gasteiger partial charge in [0.15, 0.2) is 0 Å². The number of aromatic carboxylic acids is 1. The Morgan fingerprint density at radius 1 is 1.12 bits per heavy atom. The molecule has 2 aromatic rings. The van der Waals surface area contributed by atoms with E-state index in [-0.39, 0.29) is 23.9 Å². The maximum Gasteiger partial charge on any atom is 0.416 e. The zero-order valence-corrected chi connectivity index (χ0v) is 18.2. The second-order valence-corrected chi connectivity index (χ2v) is 8.52. The van der Waals surface area contributed by atoms with Gasteiger partial charge in [0.25, 0.3) is 0 Å². The van der Waals surface area contributed by atoms with E-state index in [0.29, 0.717) is 44.2 Å². The number of hydrogen-bond donors (Lipinski definition) is 2. The second-order valence-electron chi connectivity index (χ2n) is 8.52. The predicted octanol–water partition coefficient (Wildman–Crippen LogP) is 4.71. The van der Waals surface area contributed by atoms with Crippen LogP contribution in [0.5, 0.6) is 0 Å². The molecule has 2 aromatic carbocycles. The Morgan fingerprint density at radius 3 is 2.52 bits per heavy atom. The molecule has 5 nitrogen and oxygen atoms in total. The molecule has 2 atom stereocenters. The van der Waals surface area contributed by atoms with E-state index in [2.05, 4.69) is 0 Å². The first-order chi connectivity index (χ1) is 15.6. The van der Waals surface area contributed by atoms with Crippen molar-refractivity contribution in [2.24, 2.45) is 0 Å². The number of nitrogens with zero attached hydrogens (tertiary/aromatic N) is 1. The van der Waals surface area contributed by atoms with Crippen LogP contribution in [0.2, 0.25) is 0 Å². The summed E-state index contributed by atoms with van der Waals surface area (Å²) in [6, 6.07) is 11.7. The molecule has 1 amide bonds. The molecule has 178 valence electrons. The van der Waals surface area contributed by atoms with Crippen molar-refractivity contribution >= 4 is 11.9 Å². The maximum absolute atomic E-state index is 12.9. The van der Waals surface area contributed by atoms with Crippen molar-refractivity contribution in [1.29, 1.82) is 0 Å². The first-order valence-corrected chi connectivity index (χ1v) is 11.1. The number of halogens is 3. The topological polar surface area (TPSA) is 77.8 Å². The fraction of sp³-hybridized carbons (Fsp3) is 0.440. The highest BCUT2D eigenvalue weighted by Gasteiger charge is 2.31. The van der Waals surface area contributed by atoms with Crippen LogP contribution in [0.25, 0.3) is 0 Å². The zero-order valence-electron chi connectivity index (χ0n) is 18.2. The Labute approximate surface area is 190 Å². The van der Waals surface area contributed by atoms with E-state index in [1.54, 1.807) is 30.3 Å². The Bertz CT molecular complexity index is 959. The number of carbonyl (C=O) groups is 2. The van der Waals surface area contributed by atoms with Crippen molar-refractivity contribution in [2.75, 3.05) is 6.54 Å². The van der Waals surface area contributed by atoms with E-state index in [1.165, 1.54) is 6.07 Å². The Morgan fingerprint density at radius 2 is 1.85 bits per heavy atom. The number of aliphatic hydroxyl groups is 1. The first-order valence-electron chi connectivity index (χ1n) is 11.1. The van der Waals surface area contributed by atoms with E-state index in [1.807, 2.05) is 4.90 Å². The third kappa shape index (κ3) is 7.05. The molecule has 1 aliphatic heterocycles. The number of benzene rings is 2. The number of aliphatic hydroxyl groups excluding tert-OH is 1. The smallest absolute Gasteiger partial charge is 0.416 e. The van der Waals surface area contributed by atoms with Gasteiger partial charge in [0, 0.05) is 19.0 Å². The molecule has 2 unspecified atom stereocenters. The van der Waals surface area contributed by atoms with Crippen LogP contribution < -0.4 is 0 Å². The minimum Gasteiger partial charge on any atom is -0.478 e. The van der Waals surface area contributed by atoms with Gasteiger partial charge in [-0.3, -0.25) is 4.79 Å². The van der Waals surface area contributed by atoms with Crippen molar-refractivity contribution in [3.63, 3.8) is 0 Å². The highest BCUT2D eigenvalue weighted by atomic mass is 19.4. The molecule has 0 aromatic heterocycles. The van der Waals surface area contributed by atoms with Gasteiger partial charge in [0.2, 0.25) is 5.91 Å². The fourth-order valence-electron chi connectivity index (χ4n) is 4.30. The molecule has 33 heavy (non-hydrogen) atoms. The third-order valence-electron chi connectivity index (χ3n) is 6.08. The average molecular weight is 463 g/mol. The number of aryl methyl sites for hydroxylation is 1. The van der Waals surface area contributed by atoms with Crippen LogP contribution in [-0.4, -0.2) is 45.7 Å². The van der Waals surface area contributed by atoms with Gasteiger partial charge in [0.05, 0.1) is 17.2 Å². The second kappa shape index (κ2) is 10.8. The van der Waals surface area contributed by atoms with Gasteiger partial charge in [-0.1, -0.05) is 30.3 Å². The monoisotopic (exact) mass is 463 g/mol. The number of carboxylic acids is 1. The van der Waals surface area contributed by atoms with E-state index in [4.69, 9.17) is 5.11 Å². The average Bonchev–Trinajstić information content (AvgIpc) is 3.12. The predicted molar refractivity (Wildman–Crippen MR) is 117 cm³/mol. The lowest BCUT2D eigenvalue weighted by molar-refractivity contribution is -0.137. The molecule has 0 radical (unpaired) electrons. The van der Waals surface area contributed by atoms with Crippen molar-refractivity contribution in [2.45, 2.75) is 63.3 Å². The number of amides is 1. The van der Waals surface area contributed by atoms with Crippen molar-refractivity contribution in [3.05, 3.63) is 70.8 Å². The lowest BCUT2D eigenvalue weighted by Crippen LogP contribution is -2.34. The van der Waals surface area contributed by atoms with Crippen LogP contribution in [0.15, 0.2) is 48.5 Å². The number of rotatable bonds is 10. The van der Waals surface area contributed by atoms with Gasteiger partial charge in [0.1, 0.15) is 0 Å². The number of alkyl halides is 3. The van der Waals surface area contributed by atoms with Gasteiger partial charge in [-0.2, -0.15) is 13.2 Å². The number of likely N-dealkylation sites (tertiary alicyclic amines) is 1. The Hall–Kier alpha value is -2.87. The molecule has 0 aliphatic carbocycles. The van der Waals surface area contributed by atoms with Crippen LogP contribution in [0, 0.1) is 0 Å². The third-order valence-corrected chi connectivity index (χ3v) is 6.08. The molecule has 8 heteroatoms. The summed E-state index contributed by atoms with van der Waals surface area (Å²) in [6.07, 6.45) is -1.43. The summed E-state index contributed by atoms with van der Waals surface area (Å²) in [5, 5.41) is 19.3. The maximum atomic E-state index is 12.9. The van der Waals surface area contributed by atoms with Gasteiger partial charge >= 0.3 is 12.1 Å². The van der Waals surface area contributed by atoms with E-state index in [0.717, 1.165) is 24.1 Å². The van der Waals surface area contributed by atoms with Gasteiger partial charge in [-0.25, -0.2) is 4.79 Å². The summed E-state index contributed by atoms with van der Waals surface area (Å²) < 4.78 is 38.6. The van der Waals surface area contributed by atoms with Gasteiger partial charge < -0.3 is 15.1 Å². The minimum atomic E-state index is -4.41. The van der Waals surface area contributed by atoms with E-state index >= 15 is 0 Å². The number of carbonyl (C=O) groups excluding carboxylic acids is 1. The summed E-state index contributed by atoms with van der Waals surface area (Å²) in [6.45, 7) is 0.577. The fourth-order valence-corrected chi connectivity index (χ4v) is 4.30. The standard InChI is InChI=1S/C25H28F3NO4/c26-25(27,28)20-5-1-3-18(15-20)16-22(30)12-10-21-11-13-23(31)29(21)14-2-4-17-6-8-19(9-7-17)24(32)33/h1,3,5-9,15,21-22,30H,2,4,10-14,16H2,(H,32,33). The molecule has 1 saturated heterocycles. The molecule has 1 fully saturated rings. The molecule has 0 saturated carbocycles. The van der Waals surface area contributed by atoms with Crippen LogP contribution in [0.1, 0.15) is 59.2 Å². The van der Waals surface area contributed by atoms with Gasteiger partial charge in [-0.05, 0) is 67.9 Å². The first kappa shape index (κ1) is 24.8. The summed E-state index contributed by atoms with van der Waals surface area (Å²) in [7, 11) is 0. The zero-order chi connectivity index (χ0) is 24.0. The summed E-state index contributed by atoms with van der Waals surface area (Å²) in [5.74, 6) is -0.893. The molecule has 1 heterocycles. The van der Waals surface area contributed by atoms with Crippen molar-refractivity contribution < 1.29 is 33.0 Å². The summed E-state index contributed by atoms with van der Waals surface area (Å²) in [5.41, 5.74) is 0.944. The van der Waals surface area contributed by atoms with Gasteiger partial charge in [-0.15, -0.1) is 0 Å². The highest BCUT2D eigenvalue weighted by molar-refractivity contribution is 5.87. The minimum absolute atomic E-state index is 0.0167. The highest BCUT2D eigenvalue weighted by Crippen LogP contribution is 2.30. The quantitative estimate of drug-likeness (QED) is 0.535. The van der Waals surface area contributed by atoms with Crippen LogP contribution in [-0.2, 0) is 23.8 Å². The van der Waals surface area contributed by atoms with Crippen LogP contribution in [0.3, 0.4) is 0 Å². The Kier molecular flexibility index (Phi) is 8.13. The Balaban J connectivity index is 1.47. The molecular weight excluding hydrogens is 435 g/mol. The van der Waals surface area contributed by atoms with E-state index in [9.17, 15) is 27.9 Å². The summed E-state index contributed by atoms with van der Waals surface area (Å²) in [4.78, 5) is 25.1.